The molecule has 0 aromatic heterocycles. The van der Waals surface area contributed by atoms with E-state index in [1.165, 1.54) is 25.3 Å². The van der Waals surface area contributed by atoms with Gasteiger partial charge in [0, 0.05) is 68.2 Å². The molecule has 0 radical (unpaired) electrons. The number of rotatable bonds is 10. The van der Waals surface area contributed by atoms with E-state index in [0.29, 0.717) is 17.0 Å². The van der Waals surface area contributed by atoms with Crippen LogP contribution < -0.4 is 5.32 Å². The van der Waals surface area contributed by atoms with Crippen LogP contribution in [0.3, 0.4) is 0 Å². The van der Waals surface area contributed by atoms with Gasteiger partial charge in [-0.25, -0.2) is 9.59 Å². The van der Waals surface area contributed by atoms with E-state index in [1.54, 1.807) is 19.9 Å². The third-order valence-corrected chi connectivity index (χ3v) is 7.00. The number of nitrogens with zero attached hydrogens (tertiary/aromatic N) is 3. The minimum absolute atomic E-state index is 0. The fourth-order valence-electron chi connectivity index (χ4n) is 5.27. The first-order valence-electron chi connectivity index (χ1n) is 13.1. The number of non-ortho nitro benzene ring substituents is 1. The summed E-state index contributed by atoms with van der Waals surface area (Å²) in [4.78, 5) is 42.2. The highest BCUT2D eigenvalue weighted by Gasteiger charge is 2.39. The van der Waals surface area contributed by atoms with Gasteiger partial charge in [0.05, 0.1) is 35.7 Å². The van der Waals surface area contributed by atoms with Crippen molar-refractivity contribution in [1.29, 1.82) is 0 Å². The minimum Gasteiger partial charge on any atom is -0.466 e. The molecule has 1 aromatic rings. The fourth-order valence-corrected chi connectivity index (χ4v) is 5.27. The van der Waals surface area contributed by atoms with E-state index in [2.05, 4.69) is 35.5 Å². The number of piperazine rings is 1. The first kappa shape index (κ1) is 36.1. The van der Waals surface area contributed by atoms with E-state index in [4.69, 9.17) is 9.47 Å². The normalized spacial score (nSPS) is 18.0. The van der Waals surface area contributed by atoms with Crippen molar-refractivity contribution in [2.75, 3.05) is 53.0 Å². The van der Waals surface area contributed by atoms with Crippen molar-refractivity contribution in [3.63, 3.8) is 0 Å². The van der Waals surface area contributed by atoms with Crippen molar-refractivity contribution >= 4 is 42.4 Å². The number of nitro groups is 1. The summed E-state index contributed by atoms with van der Waals surface area (Å²) in [6, 6.07) is 5.95. The third kappa shape index (κ3) is 9.29. The highest BCUT2D eigenvalue weighted by Crippen LogP contribution is 2.40. The van der Waals surface area contributed by atoms with E-state index in [1.807, 2.05) is 6.92 Å². The summed E-state index contributed by atoms with van der Waals surface area (Å²) in [6.07, 6.45) is 0. The molecular formula is C29H42Cl2N4O6. The lowest BCUT2D eigenvalue weighted by molar-refractivity contribution is -0.384. The molecule has 2 aliphatic rings. The molecule has 0 aliphatic carbocycles. The van der Waals surface area contributed by atoms with Gasteiger partial charge in [-0.05, 0) is 26.3 Å². The van der Waals surface area contributed by atoms with Crippen LogP contribution in [-0.4, -0.2) is 79.6 Å². The van der Waals surface area contributed by atoms with Gasteiger partial charge >= 0.3 is 11.9 Å². The van der Waals surface area contributed by atoms with E-state index >= 15 is 0 Å². The third-order valence-electron chi connectivity index (χ3n) is 7.00. The summed E-state index contributed by atoms with van der Waals surface area (Å²) in [6.45, 7) is 19.2. The second kappa shape index (κ2) is 15.3. The van der Waals surface area contributed by atoms with E-state index in [-0.39, 0.29) is 53.7 Å². The maximum atomic E-state index is 13.6. The summed E-state index contributed by atoms with van der Waals surface area (Å²) in [7, 11) is 1.26. The Morgan fingerprint density at radius 3 is 2.17 bits per heavy atom. The van der Waals surface area contributed by atoms with Crippen LogP contribution in [0.25, 0.3) is 0 Å². The highest BCUT2D eigenvalue weighted by molar-refractivity contribution is 5.99. The number of hydrogen-bond donors (Lipinski definition) is 1. The van der Waals surface area contributed by atoms with Crippen molar-refractivity contribution in [3.8, 4) is 0 Å². The lowest BCUT2D eigenvalue weighted by atomic mass is 9.80. The average Bonchev–Trinajstić information content (AvgIpc) is 2.87. The number of carbonyl (C=O) groups excluding carboxylic acids is 2. The molecule has 0 bridgehead atoms. The lowest BCUT2D eigenvalue weighted by Crippen LogP contribution is -2.50. The molecule has 10 nitrogen and oxygen atoms in total. The molecule has 2 aliphatic heterocycles. The predicted molar refractivity (Wildman–Crippen MR) is 163 cm³/mol. The van der Waals surface area contributed by atoms with Crippen LogP contribution in [0.1, 0.15) is 46.1 Å². The number of dihydropyridines is 1. The van der Waals surface area contributed by atoms with E-state index < -0.39 is 22.8 Å². The van der Waals surface area contributed by atoms with Crippen molar-refractivity contribution in [1.82, 2.24) is 15.1 Å². The Hall–Kier alpha value is -2.92. The van der Waals surface area contributed by atoms with Gasteiger partial charge in [0.15, 0.2) is 0 Å². The molecule has 1 N–H and O–H groups in total. The number of halogens is 2. The van der Waals surface area contributed by atoms with Crippen molar-refractivity contribution < 1.29 is 24.0 Å². The number of hydrogen-bond acceptors (Lipinski definition) is 9. The Morgan fingerprint density at radius 2 is 1.63 bits per heavy atom. The smallest absolute Gasteiger partial charge is 0.336 e. The lowest BCUT2D eigenvalue weighted by Gasteiger charge is -2.39. The SMILES string of the molecule is C=C(C)CN1CCN(CC(C)(C)COC(=O)C2=C(C)NC(C)=C(C(=O)OC)C2c2cccc([N+](=O)[O-])c2)CC1.Cl.Cl. The summed E-state index contributed by atoms with van der Waals surface area (Å²) < 4.78 is 10.9. The zero-order valence-electron chi connectivity index (χ0n) is 24.7. The zero-order chi connectivity index (χ0) is 28.9. The second-order valence-electron chi connectivity index (χ2n) is 11.2. The first-order chi connectivity index (χ1) is 18.3. The van der Waals surface area contributed by atoms with Crippen molar-refractivity contribution in [3.05, 3.63) is 74.6 Å². The number of allylic oxidation sites excluding steroid dienone is 2. The summed E-state index contributed by atoms with van der Waals surface area (Å²) in [5, 5.41) is 14.6. The maximum Gasteiger partial charge on any atom is 0.336 e. The number of ether oxygens (including phenoxy) is 2. The van der Waals surface area contributed by atoms with E-state index in [0.717, 1.165) is 44.8 Å². The van der Waals surface area contributed by atoms with Gasteiger partial charge in [-0.15, -0.1) is 24.8 Å². The second-order valence-corrected chi connectivity index (χ2v) is 11.2. The first-order valence-corrected chi connectivity index (χ1v) is 13.1. The van der Waals surface area contributed by atoms with Gasteiger partial charge in [0.25, 0.3) is 5.69 Å². The predicted octanol–water partition coefficient (Wildman–Crippen LogP) is 4.61. The molecule has 1 unspecified atom stereocenters. The molecule has 0 amide bonds. The maximum absolute atomic E-state index is 13.6. The Labute approximate surface area is 254 Å². The Bertz CT molecular complexity index is 1210. The van der Waals surface area contributed by atoms with Crippen LogP contribution in [0.2, 0.25) is 0 Å². The number of carbonyl (C=O) groups is 2. The van der Waals surface area contributed by atoms with Crippen LogP contribution in [0.15, 0.2) is 59.0 Å². The van der Waals surface area contributed by atoms with E-state index in [9.17, 15) is 19.7 Å². The molecule has 2 heterocycles. The Kier molecular flexibility index (Phi) is 13.5. The molecule has 1 fully saturated rings. The topological polar surface area (TPSA) is 114 Å². The molecule has 3 rings (SSSR count). The number of nitro benzene ring substituents is 1. The Balaban J connectivity index is 0.00000420. The minimum atomic E-state index is -0.879. The average molecular weight is 614 g/mol. The van der Waals surface area contributed by atoms with Gasteiger partial charge in [-0.3, -0.25) is 15.0 Å². The van der Waals surface area contributed by atoms with Gasteiger partial charge in [-0.2, -0.15) is 0 Å². The number of esters is 2. The molecule has 1 saturated heterocycles. The highest BCUT2D eigenvalue weighted by atomic mass is 35.5. The van der Waals surface area contributed by atoms with Gasteiger partial charge < -0.3 is 19.7 Å². The fraction of sp³-hybridized carbons (Fsp3) is 0.517. The Morgan fingerprint density at radius 1 is 1.07 bits per heavy atom. The summed E-state index contributed by atoms with van der Waals surface area (Å²) in [5.41, 5.74) is 2.60. The van der Waals surface area contributed by atoms with Gasteiger partial charge in [0.1, 0.15) is 0 Å². The van der Waals surface area contributed by atoms with Crippen LogP contribution in [0.4, 0.5) is 5.69 Å². The largest absolute Gasteiger partial charge is 0.466 e. The van der Waals surface area contributed by atoms with Gasteiger partial charge in [-0.1, -0.05) is 38.1 Å². The number of benzene rings is 1. The quantitative estimate of drug-likeness (QED) is 0.175. The molecule has 1 aromatic carbocycles. The molecular weight excluding hydrogens is 571 g/mol. The van der Waals surface area contributed by atoms with Crippen LogP contribution in [-0.2, 0) is 19.1 Å². The molecule has 228 valence electrons. The monoisotopic (exact) mass is 612 g/mol. The van der Waals surface area contributed by atoms with Crippen LogP contribution in [0.5, 0.6) is 0 Å². The number of nitrogens with one attached hydrogen (secondary N) is 1. The van der Waals surface area contributed by atoms with Crippen molar-refractivity contribution in [2.24, 2.45) is 5.41 Å². The molecule has 0 saturated carbocycles. The molecule has 12 heteroatoms. The van der Waals surface area contributed by atoms with Crippen LogP contribution >= 0.6 is 24.8 Å². The van der Waals surface area contributed by atoms with Crippen molar-refractivity contribution in [2.45, 2.75) is 40.5 Å². The standard InChI is InChI=1S/C29H40N4O6.2ClH/c1-19(2)16-31-11-13-32(14-12-31)17-29(5,6)18-39-28(35)25-21(4)30-20(3)24(27(34)38-7)26(25)22-9-8-10-23(15-22)33(36)37;;/h8-10,15,26,30H,1,11-14,16-18H2,2-7H3;2*1H. The molecule has 41 heavy (non-hydrogen) atoms. The van der Waals surface area contributed by atoms with Crippen LogP contribution in [0, 0.1) is 15.5 Å². The number of methoxy groups -OCH3 is 1. The molecule has 0 spiro atoms. The summed E-state index contributed by atoms with van der Waals surface area (Å²) in [5.74, 6) is -2.08. The van der Waals surface area contributed by atoms with Gasteiger partial charge in [0.2, 0.25) is 0 Å². The zero-order valence-corrected chi connectivity index (χ0v) is 26.3. The summed E-state index contributed by atoms with van der Waals surface area (Å²) >= 11 is 0. The molecule has 1 atom stereocenters.